The van der Waals surface area contributed by atoms with Gasteiger partial charge in [0, 0.05) is 25.0 Å². The number of unbranched alkanes of at least 4 members (excludes halogenated alkanes) is 1. The Balaban J connectivity index is 2.02. The molecule has 2 aromatic heterocycles. The van der Waals surface area contributed by atoms with Gasteiger partial charge < -0.3 is 20.0 Å². The monoisotopic (exact) mass is 312 g/mol. The van der Waals surface area contributed by atoms with Crippen molar-refractivity contribution in [2.24, 2.45) is 5.73 Å². The molecule has 0 fully saturated rings. The van der Waals surface area contributed by atoms with Crippen LogP contribution < -0.4 is 16.0 Å². The summed E-state index contributed by atoms with van der Waals surface area (Å²) in [4.78, 5) is 19.7. The summed E-state index contributed by atoms with van der Waals surface area (Å²) < 4.78 is 7.19. The van der Waals surface area contributed by atoms with Crippen LogP contribution in [-0.4, -0.2) is 28.2 Å². The number of nitrogens with one attached hydrogen (secondary N) is 1. The zero-order valence-electron chi connectivity index (χ0n) is 13.1. The van der Waals surface area contributed by atoms with Crippen LogP contribution in [0, 0.1) is 0 Å². The standard InChI is InChI=1S/C17H20N4O2/c1-23-13-5-4-12-10-14(17(22)20-15(12)11-13)16-19-7-9-21(16)8-3-2-6-18/h4-5,7,9-11H,2-3,6,8,18H2,1H3,(H,20,22). The topological polar surface area (TPSA) is 85.9 Å². The number of nitrogens with zero attached hydrogens (tertiary/aromatic N) is 2. The largest absolute Gasteiger partial charge is 0.497 e. The summed E-state index contributed by atoms with van der Waals surface area (Å²) in [5.74, 6) is 1.39. The third kappa shape index (κ3) is 3.12. The van der Waals surface area contributed by atoms with Crippen LogP contribution in [0.15, 0.2) is 41.5 Å². The average Bonchev–Trinajstić information content (AvgIpc) is 3.02. The highest BCUT2D eigenvalue weighted by molar-refractivity contribution is 5.83. The van der Waals surface area contributed by atoms with Gasteiger partial charge in [0.25, 0.3) is 5.56 Å². The van der Waals surface area contributed by atoms with Gasteiger partial charge in [0.05, 0.1) is 18.2 Å². The zero-order chi connectivity index (χ0) is 16.2. The van der Waals surface area contributed by atoms with Crippen molar-refractivity contribution in [2.45, 2.75) is 19.4 Å². The number of hydrogen-bond donors (Lipinski definition) is 2. The van der Waals surface area contributed by atoms with Crippen molar-refractivity contribution in [2.75, 3.05) is 13.7 Å². The lowest BCUT2D eigenvalue weighted by Crippen LogP contribution is -2.12. The van der Waals surface area contributed by atoms with Gasteiger partial charge in [-0.15, -0.1) is 0 Å². The van der Waals surface area contributed by atoms with Crippen LogP contribution in [0.1, 0.15) is 12.8 Å². The molecule has 0 bridgehead atoms. The molecule has 0 amide bonds. The maximum absolute atomic E-state index is 12.4. The average molecular weight is 312 g/mol. The quantitative estimate of drug-likeness (QED) is 0.683. The van der Waals surface area contributed by atoms with E-state index < -0.39 is 0 Å². The van der Waals surface area contributed by atoms with Crippen molar-refractivity contribution in [3.8, 4) is 17.1 Å². The Morgan fingerprint density at radius 1 is 1.30 bits per heavy atom. The number of aryl methyl sites for hydroxylation is 1. The Morgan fingerprint density at radius 3 is 2.96 bits per heavy atom. The van der Waals surface area contributed by atoms with Crippen molar-refractivity contribution in [3.63, 3.8) is 0 Å². The number of benzene rings is 1. The number of pyridine rings is 1. The molecule has 3 rings (SSSR count). The molecule has 0 saturated carbocycles. The molecule has 0 spiro atoms. The van der Waals surface area contributed by atoms with E-state index in [1.165, 1.54) is 0 Å². The molecule has 0 radical (unpaired) electrons. The van der Waals surface area contributed by atoms with Gasteiger partial charge in [-0.05, 0) is 43.0 Å². The molecule has 0 saturated heterocycles. The first kappa shape index (κ1) is 15.3. The number of rotatable bonds is 6. The normalized spacial score (nSPS) is 11.0. The molecular formula is C17H20N4O2. The molecule has 1 aromatic carbocycles. The third-order valence-electron chi connectivity index (χ3n) is 3.86. The number of imidazole rings is 1. The van der Waals surface area contributed by atoms with E-state index in [9.17, 15) is 4.79 Å². The van der Waals surface area contributed by atoms with Crippen molar-refractivity contribution >= 4 is 10.9 Å². The van der Waals surface area contributed by atoms with Gasteiger partial charge in [-0.25, -0.2) is 4.98 Å². The molecule has 0 atom stereocenters. The highest BCUT2D eigenvalue weighted by atomic mass is 16.5. The molecule has 0 aliphatic heterocycles. The Kier molecular flexibility index (Phi) is 4.43. The van der Waals surface area contributed by atoms with Crippen LogP contribution in [0.25, 0.3) is 22.3 Å². The highest BCUT2D eigenvalue weighted by Gasteiger charge is 2.11. The SMILES string of the molecule is COc1ccc2cc(-c3nccn3CCCCN)c(=O)[nH]c2c1. The predicted molar refractivity (Wildman–Crippen MR) is 90.6 cm³/mol. The van der Waals surface area contributed by atoms with Crippen LogP contribution in [0.5, 0.6) is 5.75 Å². The summed E-state index contributed by atoms with van der Waals surface area (Å²) in [5, 5.41) is 0.942. The van der Waals surface area contributed by atoms with Crippen molar-refractivity contribution in [3.05, 3.63) is 47.0 Å². The summed E-state index contributed by atoms with van der Waals surface area (Å²) in [5.41, 5.74) is 6.70. The minimum absolute atomic E-state index is 0.156. The molecule has 3 N–H and O–H groups in total. The Morgan fingerprint density at radius 2 is 2.17 bits per heavy atom. The highest BCUT2D eigenvalue weighted by Crippen LogP contribution is 2.22. The first-order valence-corrected chi connectivity index (χ1v) is 7.65. The summed E-state index contributed by atoms with van der Waals surface area (Å²) in [6.45, 7) is 1.47. The second-order valence-electron chi connectivity index (χ2n) is 5.41. The summed E-state index contributed by atoms with van der Waals surface area (Å²) in [7, 11) is 1.60. The van der Waals surface area contributed by atoms with E-state index in [0.717, 1.165) is 30.3 Å². The van der Waals surface area contributed by atoms with Gasteiger partial charge in [0.15, 0.2) is 0 Å². The van der Waals surface area contributed by atoms with Crippen LogP contribution in [0.4, 0.5) is 0 Å². The lowest BCUT2D eigenvalue weighted by molar-refractivity contribution is 0.415. The molecule has 0 aliphatic carbocycles. The lowest BCUT2D eigenvalue weighted by atomic mass is 10.1. The van der Waals surface area contributed by atoms with E-state index in [1.807, 2.05) is 35.0 Å². The van der Waals surface area contributed by atoms with Crippen LogP contribution in [0.3, 0.4) is 0 Å². The summed E-state index contributed by atoms with van der Waals surface area (Å²) >= 11 is 0. The van der Waals surface area contributed by atoms with E-state index in [2.05, 4.69) is 9.97 Å². The smallest absolute Gasteiger partial charge is 0.259 e. The van der Waals surface area contributed by atoms with Crippen molar-refractivity contribution in [1.29, 1.82) is 0 Å². The maximum atomic E-state index is 12.4. The minimum Gasteiger partial charge on any atom is -0.497 e. The van der Waals surface area contributed by atoms with Gasteiger partial charge >= 0.3 is 0 Å². The molecule has 0 unspecified atom stereocenters. The number of nitrogens with two attached hydrogens (primary N) is 1. The molecule has 6 heteroatoms. The van der Waals surface area contributed by atoms with Crippen LogP contribution >= 0.6 is 0 Å². The second kappa shape index (κ2) is 6.66. The molecule has 3 aromatic rings. The summed E-state index contributed by atoms with van der Waals surface area (Å²) in [6, 6.07) is 7.48. The Labute approximate surface area is 133 Å². The zero-order valence-corrected chi connectivity index (χ0v) is 13.1. The molecular weight excluding hydrogens is 292 g/mol. The fourth-order valence-electron chi connectivity index (χ4n) is 2.63. The third-order valence-corrected chi connectivity index (χ3v) is 3.86. The van der Waals surface area contributed by atoms with Crippen molar-refractivity contribution < 1.29 is 4.74 Å². The molecule has 2 heterocycles. The van der Waals surface area contributed by atoms with Gasteiger partial charge in [0.2, 0.25) is 0 Å². The lowest BCUT2D eigenvalue weighted by Gasteiger charge is -2.08. The van der Waals surface area contributed by atoms with E-state index in [4.69, 9.17) is 10.5 Å². The van der Waals surface area contributed by atoms with Gasteiger partial charge in [-0.1, -0.05) is 0 Å². The maximum Gasteiger partial charge on any atom is 0.259 e. The van der Waals surface area contributed by atoms with Crippen molar-refractivity contribution in [1.82, 2.24) is 14.5 Å². The van der Waals surface area contributed by atoms with Crippen LogP contribution in [-0.2, 0) is 6.54 Å². The van der Waals surface area contributed by atoms with E-state index in [1.54, 1.807) is 13.3 Å². The molecule has 6 nitrogen and oxygen atoms in total. The minimum atomic E-state index is -0.156. The Bertz CT molecular complexity index is 866. The van der Waals surface area contributed by atoms with Crippen LogP contribution in [0.2, 0.25) is 0 Å². The summed E-state index contributed by atoms with van der Waals surface area (Å²) in [6.07, 6.45) is 5.52. The molecule has 120 valence electrons. The fourth-order valence-corrected chi connectivity index (χ4v) is 2.63. The predicted octanol–water partition coefficient (Wildman–Crippen LogP) is 2.14. The first-order chi connectivity index (χ1) is 11.2. The van der Waals surface area contributed by atoms with Gasteiger partial charge in [-0.2, -0.15) is 0 Å². The van der Waals surface area contributed by atoms with E-state index >= 15 is 0 Å². The fraction of sp³-hybridized carbons (Fsp3) is 0.294. The van der Waals surface area contributed by atoms with Gasteiger partial charge in [0.1, 0.15) is 11.6 Å². The molecule has 23 heavy (non-hydrogen) atoms. The van der Waals surface area contributed by atoms with E-state index in [-0.39, 0.29) is 5.56 Å². The number of ether oxygens (including phenoxy) is 1. The first-order valence-electron chi connectivity index (χ1n) is 7.65. The number of aromatic amines is 1. The Hall–Kier alpha value is -2.60. The number of aromatic nitrogens is 3. The number of fused-ring (bicyclic) bond motifs is 1. The number of methoxy groups -OCH3 is 1. The second-order valence-corrected chi connectivity index (χ2v) is 5.41. The van der Waals surface area contributed by atoms with E-state index in [0.29, 0.717) is 23.7 Å². The number of hydrogen-bond acceptors (Lipinski definition) is 4. The molecule has 0 aliphatic rings. The van der Waals surface area contributed by atoms with Gasteiger partial charge in [-0.3, -0.25) is 4.79 Å². The number of H-pyrrole nitrogens is 1.